The lowest BCUT2D eigenvalue weighted by molar-refractivity contribution is 0.0468. The highest BCUT2D eigenvalue weighted by molar-refractivity contribution is 7.93. The van der Waals surface area contributed by atoms with Crippen LogP contribution in [0.3, 0.4) is 0 Å². The van der Waals surface area contributed by atoms with E-state index >= 15 is 0 Å². The van der Waals surface area contributed by atoms with Crippen molar-refractivity contribution in [1.29, 1.82) is 0 Å². The lowest BCUT2D eigenvalue weighted by Gasteiger charge is -2.17. The van der Waals surface area contributed by atoms with Gasteiger partial charge in [0, 0.05) is 17.5 Å². The Hall–Kier alpha value is -3.11. The standard InChI is InChI=1S/C22H22N2O6S2/c1-28-19-8-7-15(12-20(19)29-2)21-23-17(14-31-21)13-30-22(25)16-5-3-6-18(11-16)24-9-4-10-32(24,26)27/h3,5-8,11-12,14H,4,9-10,13H2,1-2H3. The van der Waals surface area contributed by atoms with Gasteiger partial charge >= 0.3 is 5.97 Å². The van der Waals surface area contributed by atoms with E-state index in [0.717, 1.165) is 10.6 Å². The summed E-state index contributed by atoms with van der Waals surface area (Å²) < 4.78 is 41.6. The maximum atomic E-state index is 12.5. The molecular formula is C22H22N2O6S2. The van der Waals surface area contributed by atoms with Gasteiger partial charge < -0.3 is 14.2 Å². The van der Waals surface area contributed by atoms with E-state index in [4.69, 9.17) is 14.2 Å². The summed E-state index contributed by atoms with van der Waals surface area (Å²) >= 11 is 1.43. The monoisotopic (exact) mass is 474 g/mol. The molecule has 3 aromatic rings. The largest absolute Gasteiger partial charge is 0.493 e. The molecule has 1 saturated heterocycles. The molecule has 0 amide bonds. The molecule has 32 heavy (non-hydrogen) atoms. The molecule has 0 aliphatic carbocycles. The van der Waals surface area contributed by atoms with Gasteiger partial charge in [0.25, 0.3) is 0 Å². The number of hydrogen-bond donors (Lipinski definition) is 0. The van der Waals surface area contributed by atoms with Crippen LogP contribution >= 0.6 is 11.3 Å². The van der Waals surface area contributed by atoms with Crippen LogP contribution in [0, 0.1) is 0 Å². The fraction of sp³-hybridized carbons (Fsp3) is 0.273. The van der Waals surface area contributed by atoms with Crippen molar-refractivity contribution >= 4 is 33.0 Å². The van der Waals surface area contributed by atoms with E-state index in [1.54, 1.807) is 38.5 Å². The summed E-state index contributed by atoms with van der Waals surface area (Å²) in [5.74, 6) is 0.816. The molecule has 0 spiro atoms. The second-order valence-corrected chi connectivity index (χ2v) is 9.95. The lowest BCUT2D eigenvalue weighted by atomic mass is 10.2. The first-order valence-electron chi connectivity index (χ1n) is 9.85. The third-order valence-corrected chi connectivity index (χ3v) is 7.81. The van der Waals surface area contributed by atoms with Gasteiger partial charge in [-0.15, -0.1) is 11.3 Å². The predicted octanol–water partition coefficient (Wildman–Crippen LogP) is 3.72. The van der Waals surface area contributed by atoms with Gasteiger partial charge in [-0.05, 0) is 42.8 Å². The highest BCUT2D eigenvalue weighted by atomic mass is 32.2. The van der Waals surface area contributed by atoms with E-state index < -0.39 is 16.0 Å². The molecule has 10 heteroatoms. The number of sulfonamides is 1. The summed E-state index contributed by atoms with van der Waals surface area (Å²) in [4.78, 5) is 17.1. The summed E-state index contributed by atoms with van der Waals surface area (Å²) in [7, 11) is -0.167. The number of thiazole rings is 1. The van der Waals surface area contributed by atoms with Gasteiger partial charge in [-0.1, -0.05) is 6.07 Å². The maximum absolute atomic E-state index is 12.5. The lowest BCUT2D eigenvalue weighted by Crippen LogP contribution is -2.25. The highest BCUT2D eigenvalue weighted by Gasteiger charge is 2.28. The number of rotatable bonds is 7. The van der Waals surface area contributed by atoms with Crippen LogP contribution in [0.25, 0.3) is 10.6 Å². The zero-order valence-electron chi connectivity index (χ0n) is 17.6. The molecule has 0 unspecified atom stereocenters. The second kappa shape index (κ2) is 9.17. The van der Waals surface area contributed by atoms with Crippen molar-refractivity contribution in [2.24, 2.45) is 0 Å². The Kier molecular flexibility index (Phi) is 6.33. The van der Waals surface area contributed by atoms with Gasteiger partial charge in [0.2, 0.25) is 10.0 Å². The van der Waals surface area contributed by atoms with Crippen molar-refractivity contribution in [2.45, 2.75) is 13.0 Å². The average Bonchev–Trinajstić information content (AvgIpc) is 3.42. The van der Waals surface area contributed by atoms with Crippen LogP contribution in [0.1, 0.15) is 22.5 Å². The van der Waals surface area contributed by atoms with Crippen LogP contribution in [-0.2, 0) is 21.4 Å². The minimum atomic E-state index is -3.32. The van der Waals surface area contributed by atoms with E-state index in [1.807, 2.05) is 23.6 Å². The van der Waals surface area contributed by atoms with Gasteiger partial charge in [-0.3, -0.25) is 4.31 Å². The number of methoxy groups -OCH3 is 2. The first kappa shape index (κ1) is 22.1. The summed E-state index contributed by atoms with van der Waals surface area (Å²) in [6.07, 6.45) is 0.573. The highest BCUT2D eigenvalue weighted by Crippen LogP contribution is 2.33. The molecule has 4 rings (SSSR count). The van der Waals surface area contributed by atoms with Gasteiger partial charge in [-0.2, -0.15) is 0 Å². The fourth-order valence-electron chi connectivity index (χ4n) is 3.42. The van der Waals surface area contributed by atoms with Crippen molar-refractivity contribution in [3.05, 3.63) is 59.1 Å². The van der Waals surface area contributed by atoms with Crippen LogP contribution in [0.15, 0.2) is 47.8 Å². The topological polar surface area (TPSA) is 95.0 Å². The Morgan fingerprint density at radius 1 is 1.12 bits per heavy atom. The quantitative estimate of drug-likeness (QED) is 0.482. The van der Waals surface area contributed by atoms with Crippen molar-refractivity contribution in [3.63, 3.8) is 0 Å². The Labute approximate surface area is 190 Å². The number of carbonyl (C=O) groups is 1. The van der Waals surface area contributed by atoms with Crippen molar-refractivity contribution in [1.82, 2.24) is 4.98 Å². The number of esters is 1. The van der Waals surface area contributed by atoms with Gasteiger partial charge in [-0.25, -0.2) is 18.2 Å². The average molecular weight is 475 g/mol. The maximum Gasteiger partial charge on any atom is 0.338 e. The predicted molar refractivity (Wildman–Crippen MR) is 122 cm³/mol. The molecule has 1 fully saturated rings. The number of ether oxygens (including phenoxy) is 3. The molecule has 1 aliphatic rings. The Bertz CT molecular complexity index is 1240. The summed E-state index contributed by atoms with van der Waals surface area (Å²) in [5, 5.41) is 2.59. The first-order chi connectivity index (χ1) is 15.4. The zero-order chi connectivity index (χ0) is 22.7. The molecule has 1 aliphatic heterocycles. The van der Waals surface area contributed by atoms with Crippen LogP contribution in [0.4, 0.5) is 5.69 Å². The number of carbonyl (C=O) groups excluding carboxylic acids is 1. The van der Waals surface area contributed by atoms with Crippen molar-refractivity contribution in [3.8, 4) is 22.1 Å². The van der Waals surface area contributed by atoms with Crippen molar-refractivity contribution < 1.29 is 27.4 Å². The Morgan fingerprint density at radius 3 is 2.66 bits per heavy atom. The van der Waals surface area contributed by atoms with Crippen molar-refractivity contribution in [2.75, 3.05) is 30.8 Å². The summed E-state index contributed by atoms with van der Waals surface area (Å²) in [6, 6.07) is 12.0. The smallest absolute Gasteiger partial charge is 0.338 e. The molecule has 8 nitrogen and oxygen atoms in total. The number of nitrogens with zero attached hydrogens (tertiary/aromatic N) is 2. The normalized spacial score (nSPS) is 14.9. The molecule has 0 radical (unpaired) electrons. The van der Waals surface area contributed by atoms with E-state index in [2.05, 4.69) is 4.98 Å². The van der Waals surface area contributed by atoms with E-state index in [-0.39, 0.29) is 12.4 Å². The Balaban J connectivity index is 1.43. The zero-order valence-corrected chi connectivity index (χ0v) is 19.2. The van der Waals surface area contributed by atoms with Crippen LogP contribution < -0.4 is 13.8 Å². The number of hydrogen-bond acceptors (Lipinski definition) is 8. The Morgan fingerprint density at radius 2 is 1.94 bits per heavy atom. The molecule has 0 N–H and O–H groups in total. The minimum absolute atomic E-state index is 0.00879. The number of aromatic nitrogens is 1. The molecule has 0 atom stereocenters. The van der Waals surface area contributed by atoms with Crippen LogP contribution in [0.2, 0.25) is 0 Å². The molecule has 2 aromatic carbocycles. The first-order valence-corrected chi connectivity index (χ1v) is 12.3. The summed E-state index contributed by atoms with van der Waals surface area (Å²) in [6.45, 7) is 0.424. The van der Waals surface area contributed by atoms with E-state index in [0.29, 0.717) is 41.4 Å². The molecule has 0 bridgehead atoms. The number of anilines is 1. The van der Waals surface area contributed by atoms with Gasteiger partial charge in [0.15, 0.2) is 11.5 Å². The third-order valence-electron chi connectivity index (χ3n) is 5.00. The van der Waals surface area contributed by atoms with Gasteiger partial charge in [0.1, 0.15) is 11.6 Å². The van der Waals surface area contributed by atoms with Crippen LogP contribution in [-0.4, -0.2) is 45.9 Å². The molecular weight excluding hydrogens is 452 g/mol. The molecule has 1 aromatic heterocycles. The van der Waals surface area contributed by atoms with E-state index in [9.17, 15) is 13.2 Å². The summed E-state index contributed by atoms with van der Waals surface area (Å²) in [5.41, 5.74) is 2.25. The van der Waals surface area contributed by atoms with E-state index in [1.165, 1.54) is 15.6 Å². The number of benzene rings is 2. The molecule has 2 heterocycles. The SMILES string of the molecule is COc1ccc(-c2nc(COC(=O)c3cccc(N4CCCS4(=O)=O)c3)cs2)cc1OC. The molecule has 0 saturated carbocycles. The molecule has 168 valence electrons. The van der Waals surface area contributed by atoms with Gasteiger partial charge in [0.05, 0.1) is 36.9 Å². The second-order valence-electron chi connectivity index (χ2n) is 7.08. The minimum Gasteiger partial charge on any atom is -0.493 e. The van der Waals surface area contributed by atoms with Crippen LogP contribution in [0.5, 0.6) is 11.5 Å². The third kappa shape index (κ3) is 4.56. The fourth-order valence-corrected chi connectivity index (χ4v) is 5.77.